The molecule has 0 unspecified atom stereocenters. The smallest absolute Gasteiger partial charge is 0.0772 e. The molecule has 1 aromatic heterocycles. The van der Waals surface area contributed by atoms with Gasteiger partial charge in [0.05, 0.1) is 15.8 Å². The summed E-state index contributed by atoms with van der Waals surface area (Å²) in [7, 11) is 0. The highest BCUT2D eigenvalue weighted by Gasteiger charge is 2.23. The SMILES string of the molecule is Cc1cccc(C2SCCS2)c1-n1c(C)cc2ccccc21. The van der Waals surface area contributed by atoms with Gasteiger partial charge in [0.25, 0.3) is 0 Å². The fourth-order valence-electron chi connectivity index (χ4n) is 3.30. The minimum absolute atomic E-state index is 0.565. The Hall–Kier alpha value is -1.32. The van der Waals surface area contributed by atoms with Crippen molar-refractivity contribution < 1.29 is 0 Å². The predicted molar refractivity (Wildman–Crippen MR) is 100 cm³/mol. The number of aryl methyl sites for hydroxylation is 2. The standard InChI is InChI=1S/C19H19NS2/c1-13-6-5-8-16(19-21-10-11-22-19)18(13)20-14(2)12-15-7-3-4-9-17(15)20/h3-9,12,19H,10-11H2,1-2H3. The van der Waals surface area contributed by atoms with Gasteiger partial charge in [-0.1, -0.05) is 36.4 Å². The Morgan fingerprint density at radius 1 is 0.955 bits per heavy atom. The fraction of sp³-hybridized carbons (Fsp3) is 0.263. The molecule has 1 nitrogen and oxygen atoms in total. The molecule has 0 bridgehead atoms. The van der Waals surface area contributed by atoms with Gasteiger partial charge in [-0.15, -0.1) is 23.5 Å². The summed E-state index contributed by atoms with van der Waals surface area (Å²) in [5.74, 6) is 2.52. The first-order valence-electron chi connectivity index (χ1n) is 7.66. The van der Waals surface area contributed by atoms with Crippen LogP contribution >= 0.6 is 23.5 Å². The third kappa shape index (κ3) is 2.27. The van der Waals surface area contributed by atoms with Crippen molar-refractivity contribution >= 4 is 34.4 Å². The Balaban J connectivity index is 2.00. The van der Waals surface area contributed by atoms with Gasteiger partial charge in [-0.3, -0.25) is 0 Å². The first-order valence-corrected chi connectivity index (χ1v) is 9.75. The average molecular weight is 326 g/mol. The second kappa shape index (κ2) is 5.71. The van der Waals surface area contributed by atoms with Crippen molar-refractivity contribution in [2.75, 3.05) is 11.5 Å². The largest absolute Gasteiger partial charge is 0.313 e. The van der Waals surface area contributed by atoms with E-state index >= 15 is 0 Å². The number of benzene rings is 2. The van der Waals surface area contributed by atoms with Gasteiger partial charge in [-0.25, -0.2) is 0 Å². The van der Waals surface area contributed by atoms with Crippen LogP contribution in [-0.2, 0) is 0 Å². The number of para-hydroxylation sites is 2. The molecule has 4 rings (SSSR count). The van der Waals surface area contributed by atoms with E-state index in [0.29, 0.717) is 4.58 Å². The summed E-state index contributed by atoms with van der Waals surface area (Å²) in [5.41, 5.74) is 6.83. The number of hydrogen-bond acceptors (Lipinski definition) is 2. The van der Waals surface area contributed by atoms with Gasteiger partial charge in [0.1, 0.15) is 0 Å². The van der Waals surface area contributed by atoms with Gasteiger partial charge >= 0.3 is 0 Å². The maximum Gasteiger partial charge on any atom is 0.0772 e. The van der Waals surface area contributed by atoms with E-state index in [2.05, 4.69) is 90.5 Å². The molecule has 2 heterocycles. The van der Waals surface area contributed by atoms with Gasteiger partial charge in [-0.2, -0.15) is 0 Å². The molecule has 0 radical (unpaired) electrons. The van der Waals surface area contributed by atoms with Crippen LogP contribution < -0.4 is 0 Å². The minimum Gasteiger partial charge on any atom is -0.313 e. The maximum atomic E-state index is 2.44. The molecule has 1 aliphatic heterocycles. The maximum absolute atomic E-state index is 2.44. The van der Waals surface area contributed by atoms with Crippen molar-refractivity contribution in [1.82, 2.24) is 4.57 Å². The fourth-order valence-corrected chi connectivity index (χ4v) is 6.20. The zero-order valence-electron chi connectivity index (χ0n) is 12.9. The topological polar surface area (TPSA) is 4.93 Å². The summed E-state index contributed by atoms with van der Waals surface area (Å²) < 4.78 is 3.01. The van der Waals surface area contributed by atoms with Gasteiger partial charge in [0, 0.05) is 22.6 Å². The summed E-state index contributed by atoms with van der Waals surface area (Å²) in [6, 6.07) is 17.7. The lowest BCUT2D eigenvalue weighted by Crippen LogP contribution is -2.04. The molecule has 22 heavy (non-hydrogen) atoms. The van der Waals surface area contributed by atoms with Gasteiger partial charge in [-0.05, 0) is 37.1 Å². The number of hydrogen-bond donors (Lipinski definition) is 0. The number of thioether (sulfide) groups is 2. The highest BCUT2D eigenvalue weighted by Crippen LogP contribution is 2.48. The molecule has 0 aliphatic carbocycles. The molecule has 112 valence electrons. The molecule has 3 heteroatoms. The normalized spacial score (nSPS) is 15.7. The highest BCUT2D eigenvalue weighted by molar-refractivity contribution is 8.19. The Morgan fingerprint density at radius 2 is 1.73 bits per heavy atom. The van der Waals surface area contributed by atoms with E-state index in [1.165, 1.54) is 44.9 Å². The van der Waals surface area contributed by atoms with Crippen molar-refractivity contribution in [2.45, 2.75) is 18.4 Å². The third-order valence-electron chi connectivity index (χ3n) is 4.26. The summed E-state index contributed by atoms with van der Waals surface area (Å²) >= 11 is 4.15. The average Bonchev–Trinajstić information content (AvgIpc) is 3.14. The van der Waals surface area contributed by atoms with Crippen molar-refractivity contribution in [1.29, 1.82) is 0 Å². The Labute approximate surface area is 140 Å². The van der Waals surface area contributed by atoms with Crippen LogP contribution in [0.5, 0.6) is 0 Å². The van der Waals surface area contributed by atoms with Crippen LogP contribution in [0, 0.1) is 13.8 Å². The molecule has 0 saturated carbocycles. The van der Waals surface area contributed by atoms with E-state index in [9.17, 15) is 0 Å². The van der Waals surface area contributed by atoms with E-state index in [-0.39, 0.29) is 0 Å². The molecule has 0 amide bonds. The molecule has 0 spiro atoms. The summed E-state index contributed by atoms with van der Waals surface area (Å²) in [5, 5.41) is 1.32. The molecule has 1 saturated heterocycles. The van der Waals surface area contributed by atoms with E-state index in [1.807, 2.05) is 0 Å². The lowest BCUT2D eigenvalue weighted by Gasteiger charge is -2.20. The van der Waals surface area contributed by atoms with Crippen LogP contribution in [0.4, 0.5) is 0 Å². The quantitative estimate of drug-likeness (QED) is 0.593. The summed E-state index contributed by atoms with van der Waals surface area (Å²) in [4.78, 5) is 0. The molecule has 0 N–H and O–H groups in total. The minimum atomic E-state index is 0.565. The van der Waals surface area contributed by atoms with Crippen LogP contribution in [0.3, 0.4) is 0 Å². The molecule has 3 aromatic rings. The van der Waals surface area contributed by atoms with Crippen LogP contribution in [0.25, 0.3) is 16.6 Å². The lowest BCUT2D eigenvalue weighted by molar-refractivity contribution is 1.02. The van der Waals surface area contributed by atoms with E-state index < -0.39 is 0 Å². The molecule has 2 aromatic carbocycles. The predicted octanol–water partition coefficient (Wildman–Crippen LogP) is 5.73. The Kier molecular flexibility index (Phi) is 3.71. The highest BCUT2D eigenvalue weighted by atomic mass is 32.2. The number of fused-ring (bicyclic) bond motifs is 1. The van der Waals surface area contributed by atoms with Crippen LogP contribution in [0.1, 0.15) is 21.4 Å². The number of rotatable bonds is 2. The Bertz CT molecular complexity index is 829. The molecular weight excluding hydrogens is 306 g/mol. The van der Waals surface area contributed by atoms with Crippen LogP contribution in [0.15, 0.2) is 48.5 Å². The molecular formula is C19H19NS2. The number of aromatic nitrogens is 1. The molecule has 1 fully saturated rings. The molecule has 1 aliphatic rings. The Morgan fingerprint density at radius 3 is 2.55 bits per heavy atom. The van der Waals surface area contributed by atoms with Crippen molar-refractivity contribution in [3.05, 3.63) is 65.4 Å². The van der Waals surface area contributed by atoms with Gasteiger partial charge in [0.15, 0.2) is 0 Å². The molecule has 0 atom stereocenters. The van der Waals surface area contributed by atoms with Gasteiger partial charge in [0.2, 0.25) is 0 Å². The monoisotopic (exact) mass is 325 g/mol. The third-order valence-corrected chi connectivity index (χ3v) is 7.33. The first-order chi connectivity index (χ1) is 10.8. The first kappa shape index (κ1) is 14.3. The van der Waals surface area contributed by atoms with E-state index in [1.54, 1.807) is 0 Å². The number of nitrogens with zero attached hydrogens (tertiary/aromatic N) is 1. The van der Waals surface area contributed by atoms with E-state index in [0.717, 1.165) is 0 Å². The summed E-state index contributed by atoms with van der Waals surface area (Å²) in [6.45, 7) is 4.45. The van der Waals surface area contributed by atoms with Crippen LogP contribution in [0.2, 0.25) is 0 Å². The van der Waals surface area contributed by atoms with E-state index in [4.69, 9.17) is 0 Å². The van der Waals surface area contributed by atoms with Crippen molar-refractivity contribution in [2.24, 2.45) is 0 Å². The van der Waals surface area contributed by atoms with Gasteiger partial charge < -0.3 is 4.57 Å². The second-order valence-electron chi connectivity index (χ2n) is 5.77. The zero-order valence-corrected chi connectivity index (χ0v) is 14.5. The zero-order chi connectivity index (χ0) is 15.1. The lowest BCUT2D eigenvalue weighted by atomic mass is 10.1. The van der Waals surface area contributed by atoms with Crippen molar-refractivity contribution in [3.8, 4) is 5.69 Å². The second-order valence-corrected chi connectivity index (χ2v) is 8.49. The summed E-state index contributed by atoms with van der Waals surface area (Å²) in [6.07, 6.45) is 0. The van der Waals surface area contributed by atoms with Crippen molar-refractivity contribution in [3.63, 3.8) is 0 Å². The van der Waals surface area contributed by atoms with Crippen LogP contribution in [-0.4, -0.2) is 16.1 Å².